The zero-order chi connectivity index (χ0) is 19.7. The van der Waals surface area contributed by atoms with Gasteiger partial charge in [-0.25, -0.2) is 4.98 Å². The highest BCUT2D eigenvalue weighted by Gasteiger charge is 2.30. The first-order chi connectivity index (χ1) is 13.5. The molecule has 0 saturated carbocycles. The van der Waals surface area contributed by atoms with Gasteiger partial charge in [-0.05, 0) is 31.4 Å². The van der Waals surface area contributed by atoms with Gasteiger partial charge in [0.25, 0.3) is 0 Å². The van der Waals surface area contributed by atoms with E-state index in [0.717, 1.165) is 44.1 Å². The van der Waals surface area contributed by atoms with E-state index in [2.05, 4.69) is 44.0 Å². The van der Waals surface area contributed by atoms with E-state index in [4.69, 9.17) is 5.73 Å². The van der Waals surface area contributed by atoms with Crippen molar-refractivity contribution in [3.8, 4) is 0 Å². The van der Waals surface area contributed by atoms with Gasteiger partial charge in [0.2, 0.25) is 11.9 Å². The van der Waals surface area contributed by atoms with Crippen molar-refractivity contribution in [2.45, 2.75) is 32.9 Å². The van der Waals surface area contributed by atoms with Crippen LogP contribution >= 0.6 is 0 Å². The molecule has 4 rings (SSSR count). The zero-order valence-electron chi connectivity index (χ0n) is 16.6. The van der Waals surface area contributed by atoms with Crippen LogP contribution in [-0.2, 0) is 17.8 Å². The Bertz CT molecular complexity index is 841. The summed E-state index contributed by atoms with van der Waals surface area (Å²) < 4.78 is 0. The number of nitrogen functional groups attached to an aromatic ring is 1. The van der Waals surface area contributed by atoms with Crippen LogP contribution in [0, 0.1) is 6.92 Å². The molecule has 0 spiro atoms. The van der Waals surface area contributed by atoms with Gasteiger partial charge in [0, 0.05) is 51.0 Å². The first-order valence-corrected chi connectivity index (χ1v) is 9.97. The van der Waals surface area contributed by atoms with Crippen molar-refractivity contribution in [1.82, 2.24) is 19.8 Å². The third-order valence-electron chi connectivity index (χ3n) is 5.84. The van der Waals surface area contributed by atoms with Crippen molar-refractivity contribution in [3.05, 3.63) is 47.2 Å². The minimum absolute atomic E-state index is 0.100. The van der Waals surface area contributed by atoms with Crippen LogP contribution in [0.2, 0.25) is 0 Å². The molecule has 0 radical (unpaired) electrons. The van der Waals surface area contributed by atoms with E-state index in [0.29, 0.717) is 19.0 Å². The van der Waals surface area contributed by atoms with Gasteiger partial charge in [-0.3, -0.25) is 9.69 Å². The van der Waals surface area contributed by atoms with Crippen LogP contribution in [0.5, 0.6) is 0 Å². The summed E-state index contributed by atoms with van der Waals surface area (Å²) in [6, 6.07) is 10.4. The van der Waals surface area contributed by atoms with E-state index >= 15 is 0 Å². The molecule has 7 heteroatoms. The third kappa shape index (κ3) is 3.80. The lowest BCUT2D eigenvalue weighted by Gasteiger charge is -2.39. The predicted octanol–water partition coefficient (Wildman–Crippen LogP) is 1.46. The highest BCUT2D eigenvalue weighted by molar-refractivity contribution is 5.81. The Morgan fingerprint density at radius 3 is 2.50 bits per heavy atom. The van der Waals surface area contributed by atoms with Crippen molar-refractivity contribution in [2.24, 2.45) is 0 Å². The Labute approximate surface area is 166 Å². The Morgan fingerprint density at radius 2 is 1.79 bits per heavy atom. The summed E-state index contributed by atoms with van der Waals surface area (Å²) in [6.07, 6.45) is 1.01. The van der Waals surface area contributed by atoms with Crippen molar-refractivity contribution < 1.29 is 4.79 Å². The maximum Gasteiger partial charge on any atom is 0.239 e. The number of amides is 1. The Hall–Kier alpha value is -2.67. The Morgan fingerprint density at radius 1 is 1.07 bits per heavy atom. The number of aromatic nitrogens is 2. The van der Waals surface area contributed by atoms with Gasteiger partial charge in [0.1, 0.15) is 5.82 Å². The first kappa shape index (κ1) is 18.7. The molecule has 1 unspecified atom stereocenters. The smallest absolute Gasteiger partial charge is 0.239 e. The van der Waals surface area contributed by atoms with Crippen molar-refractivity contribution in [2.75, 3.05) is 43.4 Å². The van der Waals surface area contributed by atoms with Crippen molar-refractivity contribution in [3.63, 3.8) is 0 Å². The van der Waals surface area contributed by atoms with Crippen LogP contribution in [0.3, 0.4) is 0 Å². The van der Waals surface area contributed by atoms with Crippen LogP contribution in [-0.4, -0.2) is 64.4 Å². The largest absolute Gasteiger partial charge is 0.368 e. The summed E-state index contributed by atoms with van der Waals surface area (Å²) in [6.45, 7) is 8.67. The van der Waals surface area contributed by atoms with Gasteiger partial charge < -0.3 is 15.5 Å². The predicted molar refractivity (Wildman–Crippen MR) is 110 cm³/mol. The first-order valence-electron chi connectivity index (χ1n) is 9.97. The second-order valence-corrected chi connectivity index (χ2v) is 7.70. The number of aryl methyl sites for hydroxylation is 1. The average Bonchev–Trinajstić information content (AvgIpc) is 2.72. The molecule has 7 nitrogen and oxygen atoms in total. The molecule has 2 aliphatic rings. The highest BCUT2D eigenvalue weighted by atomic mass is 16.2. The summed E-state index contributed by atoms with van der Waals surface area (Å²) >= 11 is 0. The average molecular weight is 380 g/mol. The lowest BCUT2D eigenvalue weighted by molar-refractivity contribution is -0.137. The van der Waals surface area contributed by atoms with Gasteiger partial charge in [0.15, 0.2) is 0 Å². The molecule has 0 aliphatic carbocycles. The van der Waals surface area contributed by atoms with E-state index in [-0.39, 0.29) is 11.9 Å². The molecule has 1 aromatic carbocycles. The summed E-state index contributed by atoms with van der Waals surface area (Å²) in [4.78, 5) is 28.0. The van der Waals surface area contributed by atoms with Gasteiger partial charge >= 0.3 is 0 Å². The number of piperazine rings is 1. The third-order valence-corrected chi connectivity index (χ3v) is 5.84. The second kappa shape index (κ2) is 7.75. The number of carbonyl (C=O) groups excluding carboxylic acids is 1. The number of nitrogens with two attached hydrogens (primary N) is 1. The molecule has 1 atom stereocenters. The maximum absolute atomic E-state index is 13.1. The Balaban J connectivity index is 1.36. The molecule has 2 N–H and O–H groups in total. The van der Waals surface area contributed by atoms with E-state index in [1.165, 1.54) is 11.1 Å². The second-order valence-electron chi connectivity index (χ2n) is 7.70. The molecule has 28 heavy (non-hydrogen) atoms. The number of nitrogens with zero attached hydrogens (tertiary/aromatic N) is 5. The van der Waals surface area contributed by atoms with Crippen molar-refractivity contribution in [1.29, 1.82) is 0 Å². The SMILES string of the molecule is Cc1cc(N2CCN(C(=O)C(C)N3CCc4ccccc4C3)CC2)nc(N)n1. The van der Waals surface area contributed by atoms with Crippen molar-refractivity contribution >= 4 is 17.7 Å². The fourth-order valence-corrected chi connectivity index (χ4v) is 4.16. The van der Waals surface area contributed by atoms with Crippen LogP contribution in [0.4, 0.5) is 11.8 Å². The number of hydrogen-bond acceptors (Lipinski definition) is 6. The van der Waals surface area contributed by atoms with Crippen LogP contribution in [0.25, 0.3) is 0 Å². The molecular formula is C21H28N6O. The molecule has 1 fully saturated rings. The van der Waals surface area contributed by atoms with E-state index < -0.39 is 0 Å². The van der Waals surface area contributed by atoms with Crippen LogP contribution in [0.1, 0.15) is 23.7 Å². The normalized spacial score (nSPS) is 18.6. The molecule has 1 aromatic heterocycles. The monoisotopic (exact) mass is 380 g/mol. The summed E-state index contributed by atoms with van der Waals surface area (Å²) in [5.41, 5.74) is 9.39. The lowest BCUT2D eigenvalue weighted by atomic mass is 9.98. The lowest BCUT2D eigenvalue weighted by Crippen LogP contribution is -2.55. The molecule has 1 saturated heterocycles. The number of fused-ring (bicyclic) bond motifs is 1. The molecule has 1 amide bonds. The molecule has 2 aliphatic heterocycles. The summed E-state index contributed by atoms with van der Waals surface area (Å²) in [5, 5.41) is 0. The van der Waals surface area contributed by atoms with E-state index in [1.54, 1.807) is 0 Å². The van der Waals surface area contributed by atoms with Gasteiger partial charge in [-0.2, -0.15) is 4.98 Å². The fourth-order valence-electron chi connectivity index (χ4n) is 4.16. The highest BCUT2D eigenvalue weighted by Crippen LogP contribution is 2.22. The zero-order valence-corrected chi connectivity index (χ0v) is 16.6. The van der Waals surface area contributed by atoms with E-state index in [1.807, 2.05) is 24.8 Å². The minimum Gasteiger partial charge on any atom is -0.368 e. The maximum atomic E-state index is 13.1. The molecule has 2 aromatic rings. The minimum atomic E-state index is -0.100. The molecular weight excluding hydrogens is 352 g/mol. The number of carbonyl (C=O) groups is 1. The van der Waals surface area contributed by atoms with Gasteiger partial charge in [-0.1, -0.05) is 24.3 Å². The van der Waals surface area contributed by atoms with Gasteiger partial charge in [-0.15, -0.1) is 0 Å². The summed E-state index contributed by atoms with van der Waals surface area (Å²) in [7, 11) is 0. The quantitative estimate of drug-likeness (QED) is 0.869. The topological polar surface area (TPSA) is 78.6 Å². The standard InChI is InChI=1S/C21H28N6O/c1-15-13-19(24-21(22)23-15)25-9-11-26(12-10-25)20(28)16(2)27-8-7-17-5-3-4-6-18(17)14-27/h3-6,13,16H,7-12,14H2,1-2H3,(H2,22,23,24). The number of hydrogen-bond donors (Lipinski definition) is 1. The van der Waals surface area contributed by atoms with E-state index in [9.17, 15) is 4.79 Å². The molecule has 0 bridgehead atoms. The molecule has 3 heterocycles. The number of rotatable bonds is 3. The Kier molecular flexibility index (Phi) is 5.17. The summed E-state index contributed by atoms with van der Waals surface area (Å²) in [5.74, 6) is 1.36. The number of anilines is 2. The van der Waals surface area contributed by atoms with Gasteiger partial charge in [0.05, 0.1) is 6.04 Å². The molecule has 148 valence electrons. The fraction of sp³-hybridized carbons (Fsp3) is 0.476. The van der Waals surface area contributed by atoms with Crippen LogP contribution in [0.15, 0.2) is 30.3 Å². The number of benzene rings is 1. The van der Waals surface area contributed by atoms with Crippen LogP contribution < -0.4 is 10.6 Å².